The molecule has 1 aromatic rings. The van der Waals surface area contributed by atoms with E-state index in [-0.39, 0.29) is 17.3 Å². The fraction of sp³-hybridized carbons (Fsp3) is 0.500. The minimum atomic E-state index is -0.139. The number of ether oxygens (including phenoxy) is 1. The Hall–Kier alpha value is -0.890. The number of hydrogen-bond acceptors (Lipinski definition) is 1. The van der Waals surface area contributed by atoms with E-state index in [1.54, 1.807) is 6.07 Å². The van der Waals surface area contributed by atoms with Crippen molar-refractivity contribution in [3.05, 3.63) is 35.1 Å². The lowest BCUT2D eigenvalue weighted by Crippen LogP contribution is -2.18. The van der Waals surface area contributed by atoms with Gasteiger partial charge in [0.2, 0.25) is 0 Å². The van der Waals surface area contributed by atoms with Gasteiger partial charge in [0.05, 0.1) is 12.7 Å². The zero-order chi connectivity index (χ0) is 10.3. The van der Waals surface area contributed by atoms with Gasteiger partial charge in [-0.1, -0.05) is 32.9 Å². The summed E-state index contributed by atoms with van der Waals surface area (Å²) in [5.41, 5.74) is 1.69. The minimum Gasteiger partial charge on any atom is -0.368 e. The first-order chi connectivity index (χ1) is 6.50. The van der Waals surface area contributed by atoms with E-state index in [9.17, 15) is 4.39 Å². The van der Waals surface area contributed by atoms with E-state index in [1.165, 1.54) is 6.07 Å². The van der Waals surface area contributed by atoms with E-state index in [0.29, 0.717) is 6.61 Å². The number of halogens is 1. The second-order valence-corrected chi connectivity index (χ2v) is 4.87. The lowest BCUT2D eigenvalue weighted by Gasteiger charge is -2.26. The summed E-state index contributed by atoms with van der Waals surface area (Å²) in [7, 11) is 0. The van der Waals surface area contributed by atoms with Crippen LogP contribution in [0.4, 0.5) is 4.39 Å². The molecule has 1 aliphatic rings. The summed E-state index contributed by atoms with van der Waals surface area (Å²) in [6, 6.07) is 5.18. The fourth-order valence-corrected chi connectivity index (χ4v) is 1.94. The van der Waals surface area contributed by atoms with E-state index in [0.717, 1.165) is 11.1 Å². The predicted molar refractivity (Wildman–Crippen MR) is 53.4 cm³/mol. The average Bonchev–Trinajstić information content (AvgIpc) is 2.47. The first kappa shape index (κ1) is 9.66. The summed E-state index contributed by atoms with van der Waals surface area (Å²) in [5, 5.41) is 0. The maximum absolute atomic E-state index is 13.6. The Morgan fingerprint density at radius 1 is 1.36 bits per heavy atom. The Morgan fingerprint density at radius 2 is 2.07 bits per heavy atom. The number of benzene rings is 1. The summed E-state index contributed by atoms with van der Waals surface area (Å²) in [4.78, 5) is 0. The summed E-state index contributed by atoms with van der Waals surface area (Å²) < 4.78 is 19.2. The van der Waals surface area contributed by atoms with Crippen LogP contribution in [0.15, 0.2) is 18.2 Å². The molecule has 0 aliphatic carbocycles. The highest BCUT2D eigenvalue weighted by molar-refractivity contribution is 5.33. The molecule has 1 aliphatic heterocycles. The van der Waals surface area contributed by atoms with Crippen molar-refractivity contribution in [1.29, 1.82) is 0 Å². The Bertz CT molecular complexity index is 352. The maximum atomic E-state index is 13.6. The highest BCUT2D eigenvalue weighted by Gasteiger charge is 2.35. The number of fused-ring (bicyclic) bond motifs is 1. The van der Waals surface area contributed by atoms with Crippen LogP contribution in [0.3, 0.4) is 0 Å². The normalized spacial score (nSPS) is 21.0. The van der Waals surface area contributed by atoms with E-state index in [2.05, 4.69) is 20.8 Å². The average molecular weight is 194 g/mol. The standard InChI is InChI=1S/C12H15FO/c1-12(2,3)11-10-8(7-14-11)5-4-6-9(10)13/h4-6,11H,7H2,1-3H3. The Kier molecular flexibility index (Phi) is 2.11. The molecule has 0 bridgehead atoms. The minimum absolute atomic E-state index is 0.0482. The molecule has 2 heteroatoms. The van der Waals surface area contributed by atoms with Gasteiger partial charge in [0.1, 0.15) is 5.82 Å². The smallest absolute Gasteiger partial charge is 0.129 e. The van der Waals surface area contributed by atoms with Crippen LogP contribution in [0.25, 0.3) is 0 Å². The van der Waals surface area contributed by atoms with Gasteiger partial charge in [-0.3, -0.25) is 0 Å². The zero-order valence-electron chi connectivity index (χ0n) is 8.80. The predicted octanol–water partition coefficient (Wildman–Crippen LogP) is 3.44. The molecule has 14 heavy (non-hydrogen) atoms. The molecule has 1 atom stereocenters. The molecule has 1 unspecified atom stereocenters. The van der Waals surface area contributed by atoms with Crippen molar-refractivity contribution in [2.45, 2.75) is 33.5 Å². The molecular formula is C12H15FO. The van der Waals surface area contributed by atoms with Crippen LogP contribution in [-0.4, -0.2) is 0 Å². The summed E-state index contributed by atoms with van der Waals surface area (Å²) in [5.74, 6) is -0.139. The Morgan fingerprint density at radius 3 is 2.71 bits per heavy atom. The van der Waals surface area contributed by atoms with Gasteiger partial charge in [0.25, 0.3) is 0 Å². The highest BCUT2D eigenvalue weighted by Crippen LogP contribution is 2.43. The van der Waals surface area contributed by atoms with E-state index in [1.807, 2.05) is 6.07 Å². The molecule has 0 amide bonds. The third-order valence-corrected chi connectivity index (χ3v) is 2.60. The summed E-state index contributed by atoms with van der Waals surface area (Å²) in [6.45, 7) is 6.74. The Balaban J connectivity index is 2.48. The summed E-state index contributed by atoms with van der Waals surface area (Å²) >= 11 is 0. The SMILES string of the molecule is CC(C)(C)C1OCc2cccc(F)c21. The fourth-order valence-electron chi connectivity index (χ4n) is 1.94. The van der Waals surface area contributed by atoms with Crippen molar-refractivity contribution in [3.8, 4) is 0 Å². The largest absolute Gasteiger partial charge is 0.368 e. The molecule has 2 rings (SSSR count). The van der Waals surface area contributed by atoms with Gasteiger partial charge in [-0.2, -0.15) is 0 Å². The first-order valence-corrected chi connectivity index (χ1v) is 4.89. The van der Waals surface area contributed by atoms with Crippen molar-refractivity contribution >= 4 is 0 Å². The monoisotopic (exact) mass is 194 g/mol. The van der Waals surface area contributed by atoms with Gasteiger partial charge in [-0.05, 0) is 17.0 Å². The third kappa shape index (κ3) is 1.44. The van der Waals surface area contributed by atoms with E-state index in [4.69, 9.17) is 4.74 Å². The summed E-state index contributed by atoms with van der Waals surface area (Å²) in [6.07, 6.45) is -0.112. The molecule has 0 fully saturated rings. The van der Waals surface area contributed by atoms with Gasteiger partial charge in [0.15, 0.2) is 0 Å². The molecule has 76 valence electrons. The molecule has 1 heterocycles. The molecule has 0 saturated heterocycles. The van der Waals surface area contributed by atoms with Gasteiger partial charge in [0, 0.05) is 5.56 Å². The van der Waals surface area contributed by atoms with Crippen LogP contribution in [0.5, 0.6) is 0 Å². The van der Waals surface area contributed by atoms with Gasteiger partial charge >= 0.3 is 0 Å². The van der Waals surface area contributed by atoms with Crippen LogP contribution in [0, 0.1) is 11.2 Å². The van der Waals surface area contributed by atoms with Crippen LogP contribution in [0.1, 0.15) is 38.0 Å². The van der Waals surface area contributed by atoms with Gasteiger partial charge < -0.3 is 4.74 Å². The Labute approximate surface area is 83.9 Å². The first-order valence-electron chi connectivity index (χ1n) is 4.89. The molecule has 0 radical (unpaired) electrons. The van der Waals surface area contributed by atoms with Crippen molar-refractivity contribution in [3.63, 3.8) is 0 Å². The van der Waals surface area contributed by atoms with Crippen LogP contribution in [0.2, 0.25) is 0 Å². The second-order valence-electron chi connectivity index (χ2n) is 4.87. The lowest BCUT2D eigenvalue weighted by molar-refractivity contribution is -0.00937. The number of rotatable bonds is 0. The zero-order valence-corrected chi connectivity index (χ0v) is 8.80. The number of hydrogen-bond donors (Lipinski definition) is 0. The maximum Gasteiger partial charge on any atom is 0.129 e. The molecule has 0 aromatic heterocycles. The van der Waals surface area contributed by atoms with E-state index >= 15 is 0 Å². The lowest BCUT2D eigenvalue weighted by atomic mass is 9.84. The van der Waals surface area contributed by atoms with E-state index < -0.39 is 0 Å². The molecule has 0 saturated carbocycles. The quantitative estimate of drug-likeness (QED) is 0.614. The van der Waals surface area contributed by atoms with Crippen molar-refractivity contribution in [1.82, 2.24) is 0 Å². The molecule has 1 nitrogen and oxygen atoms in total. The van der Waals surface area contributed by atoms with Crippen LogP contribution >= 0.6 is 0 Å². The van der Waals surface area contributed by atoms with Crippen LogP contribution < -0.4 is 0 Å². The van der Waals surface area contributed by atoms with Crippen molar-refractivity contribution in [2.75, 3.05) is 0 Å². The molecule has 1 aromatic carbocycles. The van der Waals surface area contributed by atoms with Crippen molar-refractivity contribution in [2.24, 2.45) is 5.41 Å². The third-order valence-electron chi connectivity index (χ3n) is 2.60. The molecular weight excluding hydrogens is 179 g/mol. The molecule has 0 spiro atoms. The molecule has 0 N–H and O–H groups in total. The van der Waals surface area contributed by atoms with Crippen molar-refractivity contribution < 1.29 is 9.13 Å². The second kappa shape index (κ2) is 3.06. The van der Waals surface area contributed by atoms with Gasteiger partial charge in [-0.15, -0.1) is 0 Å². The highest BCUT2D eigenvalue weighted by atomic mass is 19.1. The van der Waals surface area contributed by atoms with Gasteiger partial charge in [-0.25, -0.2) is 4.39 Å². The van der Waals surface area contributed by atoms with Crippen LogP contribution in [-0.2, 0) is 11.3 Å². The topological polar surface area (TPSA) is 9.23 Å².